The molecule has 0 saturated carbocycles. The van der Waals surface area contributed by atoms with Crippen LogP contribution in [0.3, 0.4) is 0 Å². The highest BCUT2D eigenvalue weighted by atomic mass is 16.1. The van der Waals surface area contributed by atoms with Crippen molar-refractivity contribution in [1.29, 1.82) is 0 Å². The molecule has 2 N–H and O–H groups in total. The van der Waals surface area contributed by atoms with Gasteiger partial charge in [-0.2, -0.15) is 5.10 Å². The molecule has 4 heterocycles. The van der Waals surface area contributed by atoms with Gasteiger partial charge in [0.1, 0.15) is 5.52 Å². The first-order valence-electron chi connectivity index (χ1n) is 9.95. The number of piperazine rings is 1. The van der Waals surface area contributed by atoms with Gasteiger partial charge in [0.15, 0.2) is 11.5 Å². The number of fused-ring (bicyclic) bond motifs is 2. The highest BCUT2D eigenvalue weighted by Crippen LogP contribution is 2.28. The maximum atomic E-state index is 13.1. The quantitative estimate of drug-likeness (QED) is 0.540. The highest BCUT2D eigenvalue weighted by Gasteiger charge is 2.19. The number of rotatable bonds is 3. The minimum Gasteiger partial charge on any atom is -0.368 e. The van der Waals surface area contributed by atoms with Gasteiger partial charge >= 0.3 is 0 Å². The second kappa shape index (κ2) is 7.34. The molecule has 1 saturated heterocycles. The Morgan fingerprint density at radius 1 is 1.17 bits per heavy atom. The number of hydrogen-bond acceptors (Lipinski definition) is 7. The van der Waals surface area contributed by atoms with Crippen molar-refractivity contribution in [1.82, 2.24) is 30.1 Å². The molecule has 1 fully saturated rings. The molecule has 1 aliphatic rings. The van der Waals surface area contributed by atoms with Gasteiger partial charge in [0.25, 0.3) is 5.91 Å². The van der Waals surface area contributed by atoms with E-state index >= 15 is 0 Å². The molecule has 30 heavy (non-hydrogen) atoms. The molecule has 0 aliphatic carbocycles. The number of aryl methyl sites for hydroxylation is 2. The zero-order valence-electron chi connectivity index (χ0n) is 16.9. The van der Waals surface area contributed by atoms with E-state index < -0.39 is 0 Å². The predicted molar refractivity (Wildman–Crippen MR) is 115 cm³/mol. The lowest BCUT2D eigenvalue weighted by Gasteiger charge is -2.30. The van der Waals surface area contributed by atoms with Gasteiger partial charge in [0.05, 0.1) is 23.7 Å². The van der Waals surface area contributed by atoms with Crippen molar-refractivity contribution < 1.29 is 4.79 Å². The summed E-state index contributed by atoms with van der Waals surface area (Å²) in [6, 6.07) is 7.55. The molecule has 3 aromatic heterocycles. The summed E-state index contributed by atoms with van der Waals surface area (Å²) in [5.74, 6) is 0.195. The molecule has 0 spiro atoms. The second-order valence-electron chi connectivity index (χ2n) is 7.48. The largest absolute Gasteiger partial charge is 0.368 e. The third-order valence-corrected chi connectivity index (χ3v) is 5.33. The molecule has 1 aliphatic heterocycles. The van der Waals surface area contributed by atoms with E-state index in [-0.39, 0.29) is 5.91 Å². The molecule has 9 nitrogen and oxygen atoms in total. The molecule has 0 radical (unpaired) electrons. The van der Waals surface area contributed by atoms with E-state index in [9.17, 15) is 4.79 Å². The smallest absolute Gasteiger partial charge is 0.259 e. The number of carbonyl (C=O) groups excluding carboxylic acids is 1. The molecule has 1 amide bonds. The average molecular weight is 402 g/mol. The molecule has 4 aromatic rings. The van der Waals surface area contributed by atoms with Crippen molar-refractivity contribution in [2.45, 2.75) is 13.8 Å². The van der Waals surface area contributed by atoms with Crippen LogP contribution in [0.4, 0.5) is 11.5 Å². The summed E-state index contributed by atoms with van der Waals surface area (Å²) in [4.78, 5) is 19.9. The van der Waals surface area contributed by atoms with Gasteiger partial charge < -0.3 is 15.5 Å². The Morgan fingerprint density at radius 2 is 2.00 bits per heavy atom. The SMILES string of the molecule is Cc1cn2nc(NC(=O)c3ccc(N4CCNCC4)c4ccnnc34)cc(C)c2n1. The summed E-state index contributed by atoms with van der Waals surface area (Å²) in [6.45, 7) is 7.55. The first kappa shape index (κ1) is 18.4. The number of imidazole rings is 1. The van der Waals surface area contributed by atoms with Gasteiger partial charge in [0.2, 0.25) is 0 Å². The molecular formula is C21H22N8O. The van der Waals surface area contributed by atoms with Crippen LogP contribution in [0, 0.1) is 13.8 Å². The number of hydrogen-bond donors (Lipinski definition) is 2. The minimum atomic E-state index is -0.268. The van der Waals surface area contributed by atoms with Crippen LogP contribution in [0.2, 0.25) is 0 Å². The molecule has 5 rings (SSSR count). The van der Waals surface area contributed by atoms with E-state index in [0.717, 1.165) is 54.2 Å². The molecule has 152 valence electrons. The first-order chi connectivity index (χ1) is 14.6. The van der Waals surface area contributed by atoms with Crippen LogP contribution in [-0.4, -0.2) is 56.9 Å². The number of benzene rings is 1. The molecule has 1 aromatic carbocycles. The van der Waals surface area contributed by atoms with Gasteiger partial charge in [-0.25, -0.2) is 9.50 Å². The normalized spacial score (nSPS) is 14.4. The Kier molecular flexibility index (Phi) is 4.51. The number of amides is 1. The van der Waals surface area contributed by atoms with Gasteiger partial charge in [0, 0.05) is 37.3 Å². The van der Waals surface area contributed by atoms with E-state index in [1.54, 1.807) is 10.7 Å². The summed E-state index contributed by atoms with van der Waals surface area (Å²) in [5.41, 5.74) is 4.72. The molecular weight excluding hydrogens is 380 g/mol. The maximum Gasteiger partial charge on any atom is 0.259 e. The topological polar surface area (TPSA) is 100 Å². The van der Waals surface area contributed by atoms with Crippen molar-refractivity contribution >= 4 is 34.0 Å². The fourth-order valence-electron chi connectivity index (χ4n) is 3.92. The van der Waals surface area contributed by atoms with Crippen molar-refractivity contribution in [2.24, 2.45) is 0 Å². The third kappa shape index (κ3) is 3.22. The highest BCUT2D eigenvalue weighted by molar-refractivity contribution is 6.13. The molecule has 0 bridgehead atoms. The number of anilines is 2. The standard InChI is InChI=1S/C21H22N8O/c1-13-11-18(27-29-12-14(2)24-20(13)29)25-21(30)16-3-4-17(28-9-7-22-8-10-28)15-5-6-23-26-19(15)16/h3-6,11-12,22H,7-10H2,1-2H3,(H,25,27,30). The number of carbonyl (C=O) groups is 1. The van der Waals surface area contributed by atoms with E-state index in [2.05, 4.69) is 35.8 Å². The van der Waals surface area contributed by atoms with E-state index in [1.165, 1.54) is 0 Å². The van der Waals surface area contributed by atoms with Gasteiger partial charge in [-0.3, -0.25) is 4.79 Å². The zero-order valence-corrected chi connectivity index (χ0v) is 16.9. The van der Waals surface area contributed by atoms with E-state index in [0.29, 0.717) is 16.9 Å². The summed E-state index contributed by atoms with van der Waals surface area (Å²) >= 11 is 0. The van der Waals surface area contributed by atoms with Crippen LogP contribution in [0.5, 0.6) is 0 Å². The van der Waals surface area contributed by atoms with Crippen molar-refractivity contribution in [3.8, 4) is 0 Å². The summed E-state index contributed by atoms with van der Waals surface area (Å²) in [5, 5.41) is 19.9. The number of nitrogens with one attached hydrogen (secondary N) is 2. The second-order valence-corrected chi connectivity index (χ2v) is 7.48. The van der Waals surface area contributed by atoms with Gasteiger partial charge in [-0.05, 0) is 43.7 Å². The Morgan fingerprint density at radius 3 is 2.83 bits per heavy atom. The predicted octanol–water partition coefficient (Wildman–Crippen LogP) is 1.95. The van der Waals surface area contributed by atoms with Crippen LogP contribution in [-0.2, 0) is 0 Å². The fraction of sp³-hybridized carbons (Fsp3) is 0.286. The summed E-state index contributed by atoms with van der Waals surface area (Å²) in [6.07, 6.45) is 3.50. The maximum absolute atomic E-state index is 13.1. The van der Waals surface area contributed by atoms with Crippen molar-refractivity contribution in [2.75, 3.05) is 36.4 Å². The summed E-state index contributed by atoms with van der Waals surface area (Å²) < 4.78 is 1.69. The van der Waals surface area contributed by atoms with Crippen LogP contribution < -0.4 is 15.5 Å². The lowest BCUT2D eigenvalue weighted by Crippen LogP contribution is -2.43. The molecule has 0 unspecified atom stereocenters. The lowest BCUT2D eigenvalue weighted by atomic mass is 10.1. The lowest BCUT2D eigenvalue weighted by molar-refractivity contribution is 0.102. The third-order valence-electron chi connectivity index (χ3n) is 5.33. The molecule has 0 atom stereocenters. The van der Waals surface area contributed by atoms with Crippen molar-refractivity contribution in [3.63, 3.8) is 0 Å². The number of nitrogens with zero attached hydrogens (tertiary/aromatic N) is 6. The van der Waals surface area contributed by atoms with E-state index in [1.807, 2.05) is 44.3 Å². The average Bonchev–Trinajstić information content (AvgIpc) is 3.14. The van der Waals surface area contributed by atoms with Crippen LogP contribution in [0.15, 0.2) is 36.7 Å². The number of aromatic nitrogens is 5. The Labute approximate surface area is 173 Å². The van der Waals surface area contributed by atoms with Gasteiger partial charge in [-0.1, -0.05) is 0 Å². The van der Waals surface area contributed by atoms with Gasteiger partial charge in [-0.15, -0.1) is 10.2 Å². The fourth-order valence-corrected chi connectivity index (χ4v) is 3.92. The monoisotopic (exact) mass is 402 g/mol. The van der Waals surface area contributed by atoms with Crippen molar-refractivity contribution in [3.05, 3.63) is 53.5 Å². The van der Waals surface area contributed by atoms with Crippen LogP contribution >= 0.6 is 0 Å². The van der Waals surface area contributed by atoms with Crippen LogP contribution in [0.25, 0.3) is 16.6 Å². The Bertz CT molecular complexity index is 1260. The van der Waals surface area contributed by atoms with E-state index in [4.69, 9.17) is 0 Å². The Balaban J connectivity index is 1.51. The minimum absolute atomic E-state index is 0.268. The summed E-state index contributed by atoms with van der Waals surface area (Å²) in [7, 11) is 0. The van der Waals surface area contributed by atoms with Crippen LogP contribution in [0.1, 0.15) is 21.6 Å². The molecule has 9 heteroatoms. The first-order valence-corrected chi connectivity index (χ1v) is 9.95. The zero-order chi connectivity index (χ0) is 20.7. The Hall–Kier alpha value is -3.59.